The van der Waals surface area contributed by atoms with Crippen molar-refractivity contribution in [2.45, 2.75) is 51.4 Å². The van der Waals surface area contributed by atoms with E-state index in [9.17, 15) is 0 Å². The van der Waals surface area contributed by atoms with Gasteiger partial charge in [-0.1, -0.05) is 11.6 Å². The van der Waals surface area contributed by atoms with Crippen LogP contribution < -0.4 is 5.32 Å². The van der Waals surface area contributed by atoms with Crippen LogP contribution in [0.3, 0.4) is 0 Å². The maximum Gasteiger partial charge on any atom is 0.151 e. The van der Waals surface area contributed by atoms with Gasteiger partial charge in [0.05, 0.1) is 12.2 Å². The molecule has 1 N–H and O–H groups in total. The molecule has 2 saturated heterocycles. The molecule has 0 aliphatic carbocycles. The molecule has 0 aromatic carbocycles. The van der Waals surface area contributed by atoms with E-state index in [2.05, 4.69) is 33.3 Å². The summed E-state index contributed by atoms with van der Waals surface area (Å²) in [5.74, 6) is 0.992. The summed E-state index contributed by atoms with van der Waals surface area (Å²) >= 11 is 0. The highest BCUT2D eigenvalue weighted by atomic mass is 16.5. The Hall–Kier alpha value is -0.910. The topological polar surface area (TPSA) is 44.5 Å². The number of aromatic nitrogens is 1. The van der Waals surface area contributed by atoms with Gasteiger partial charge in [-0.05, 0) is 33.4 Å². The molecule has 2 unspecified atom stereocenters. The summed E-state index contributed by atoms with van der Waals surface area (Å²) in [4.78, 5) is 5.23. The average molecular weight is 278 g/mol. The molecular weight excluding hydrogens is 252 g/mol. The van der Waals surface area contributed by atoms with Crippen molar-refractivity contribution in [3.8, 4) is 0 Å². The largest absolute Gasteiger partial charge is 0.360 e. The summed E-state index contributed by atoms with van der Waals surface area (Å²) in [5.41, 5.74) is 0.992. The quantitative estimate of drug-likeness (QED) is 0.903. The first-order valence-corrected chi connectivity index (χ1v) is 7.83. The number of rotatable bonds is 4. The zero-order valence-electron chi connectivity index (χ0n) is 12.6. The number of hydrogen-bond acceptors (Lipinski definition) is 5. The van der Waals surface area contributed by atoms with Gasteiger partial charge >= 0.3 is 0 Å². The second-order valence-corrected chi connectivity index (χ2v) is 6.24. The molecule has 2 fully saturated rings. The van der Waals surface area contributed by atoms with Gasteiger partial charge in [-0.15, -0.1) is 0 Å². The normalized spacial score (nSPS) is 28.5. The van der Waals surface area contributed by atoms with Gasteiger partial charge in [-0.3, -0.25) is 9.80 Å². The maximum absolute atomic E-state index is 5.46. The fourth-order valence-corrected chi connectivity index (χ4v) is 3.53. The minimum atomic E-state index is 0.599. The molecule has 3 heterocycles. The van der Waals surface area contributed by atoms with E-state index in [4.69, 9.17) is 4.52 Å². The molecule has 0 saturated carbocycles. The van der Waals surface area contributed by atoms with Crippen LogP contribution in [0.5, 0.6) is 0 Å². The first-order valence-electron chi connectivity index (χ1n) is 7.83. The van der Waals surface area contributed by atoms with Crippen LogP contribution >= 0.6 is 0 Å². The molecule has 5 heteroatoms. The lowest BCUT2D eigenvalue weighted by Crippen LogP contribution is -2.58. The predicted octanol–water partition coefficient (Wildman–Crippen LogP) is 1.45. The number of fused-ring (bicyclic) bond motifs is 1. The molecule has 1 aromatic rings. The molecule has 0 radical (unpaired) electrons. The van der Waals surface area contributed by atoms with Gasteiger partial charge in [0.2, 0.25) is 0 Å². The van der Waals surface area contributed by atoms with Crippen molar-refractivity contribution >= 4 is 0 Å². The first-order chi connectivity index (χ1) is 9.76. The van der Waals surface area contributed by atoms with Crippen molar-refractivity contribution in [3.63, 3.8) is 0 Å². The molecule has 2 aliphatic heterocycles. The average Bonchev–Trinajstić information content (AvgIpc) is 2.87. The van der Waals surface area contributed by atoms with Crippen LogP contribution in [0, 0.1) is 0 Å². The summed E-state index contributed by atoms with van der Waals surface area (Å²) in [7, 11) is 1.93. The molecule has 0 bridgehead atoms. The molecule has 5 nitrogen and oxygen atoms in total. The molecule has 1 aromatic heterocycles. The Kier molecular flexibility index (Phi) is 4.38. The van der Waals surface area contributed by atoms with Gasteiger partial charge in [0.15, 0.2) is 5.76 Å². The van der Waals surface area contributed by atoms with E-state index in [0.717, 1.165) is 30.6 Å². The Labute approximate surface area is 121 Å². The lowest BCUT2D eigenvalue weighted by molar-refractivity contribution is 0.00724. The second-order valence-electron chi connectivity index (χ2n) is 6.24. The molecule has 20 heavy (non-hydrogen) atoms. The van der Waals surface area contributed by atoms with Crippen molar-refractivity contribution in [2.75, 3.05) is 26.7 Å². The van der Waals surface area contributed by atoms with Crippen molar-refractivity contribution in [1.82, 2.24) is 20.3 Å². The third kappa shape index (κ3) is 3.05. The molecule has 0 amide bonds. The van der Waals surface area contributed by atoms with Gasteiger partial charge in [-0.25, -0.2) is 0 Å². The van der Waals surface area contributed by atoms with Gasteiger partial charge < -0.3 is 9.84 Å². The van der Waals surface area contributed by atoms with E-state index in [1.165, 1.54) is 38.9 Å². The summed E-state index contributed by atoms with van der Waals surface area (Å²) in [6.45, 7) is 7.65. The van der Waals surface area contributed by atoms with Crippen LogP contribution in [0.15, 0.2) is 10.6 Å². The Bertz CT molecular complexity index is 433. The summed E-state index contributed by atoms with van der Waals surface area (Å²) in [6, 6.07) is 3.43. The van der Waals surface area contributed by atoms with Crippen LogP contribution in [0.4, 0.5) is 0 Å². The third-order valence-corrected chi connectivity index (χ3v) is 4.64. The number of nitrogens with zero attached hydrogens (tertiary/aromatic N) is 3. The molecule has 112 valence electrons. The Morgan fingerprint density at radius 3 is 3.15 bits per heavy atom. The van der Waals surface area contributed by atoms with E-state index in [0.29, 0.717) is 6.04 Å². The van der Waals surface area contributed by atoms with Crippen LogP contribution in [-0.2, 0) is 13.1 Å². The predicted molar refractivity (Wildman–Crippen MR) is 78.4 cm³/mol. The van der Waals surface area contributed by atoms with Crippen molar-refractivity contribution in [1.29, 1.82) is 0 Å². The highest BCUT2D eigenvalue weighted by Gasteiger charge is 2.33. The highest BCUT2D eigenvalue weighted by Crippen LogP contribution is 2.25. The van der Waals surface area contributed by atoms with Crippen molar-refractivity contribution in [2.24, 2.45) is 0 Å². The number of piperazine rings is 1. The molecule has 3 rings (SSSR count). The molecule has 2 aliphatic rings. The minimum Gasteiger partial charge on any atom is -0.360 e. The first kappa shape index (κ1) is 14.0. The van der Waals surface area contributed by atoms with Gasteiger partial charge in [0.1, 0.15) is 0 Å². The lowest BCUT2D eigenvalue weighted by Gasteiger charge is -2.47. The monoisotopic (exact) mass is 278 g/mol. The van der Waals surface area contributed by atoms with E-state index < -0.39 is 0 Å². The Morgan fingerprint density at radius 2 is 2.30 bits per heavy atom. The van der Waals surface area contributed by atoms with Gasteiger partial charge in [0, 0.05) is 37.8 Å². The number of hydrogen-bond donors (Lipinski definition) is 1. The molecule has 0 spiro atoms. The zero-order chi connectivity index (χ0) is 13.9. The van der Waals surface area contributed by atoms with E-state index in [1.54, 1.807) is 0 Å². The zero-order valence-corrected chi connectivity index (χ0v) is 12.6. The lowest BCUT2D eigenvalue weighted by atomic mass is 9.97. The Morgan fingerprint density at radius 1 is 1.40 bits per heavy atom. The summed E-state index contributed by atoms with van der Waals surface area (Å²) in [6.07, 6.45) is 4.11. The van der Waals surface area contributed by atoms with Gasteiger partial charge in [-0.2, -0.15) is 0 Å². The number of piperidine rings is 1. The van der Waals surface area contributed by atoms with Crippen LogP contribution in [0.25, 0.3) is 0 Å². The van der Waals surface area contributed by atoms with Crippen molar-refractivity contribution in [3.05, 3.63) is 17.5 Å². The summed E-state index contributed by atoms with van der Waals surface area (Å²) < 4.78 is 5.46. The molecular formula is C15H26N4O. The van der Waals surface area contributed by atoms with E-state index in [-0.39, 0.29) is 0 Å². The van der Waals surface area contributed by atoms with E-state index in [1.807, 2.05) is 7.05 Å². The summed E-state index contributed by atoms with van der Waals surface area (Å²) in [5, 5.41) is 7.21. The van der Waals surface area contributed by atoms with Crippen LogP contribution in [0.1, 0.15) is 37.6 Å². The molecule has 2 atom stereocenters. The fourth-order valence-electron chi connectivity index (χ4n) is 3.53. The highest BCUT2D eigenvalue weighted by molar-refractivity contribution is 5.06. The van der Waals surface area contributed by atoms with E-state index >= 15 is 0 Å². The maximum atomic E-state index is 5.46. The fraction of sp³-hybridized carbons (Fsp3) is 0.800. The Balaban J connectivity index is 1.61. The smallest absolute Gasteiger partial charge is 0.151 e. The SMILES string of the molecule is CNCc1cc(CN2CC3CCCCN3CC2C)on1. The second kappa shape index (κ2) is 6.24. The van der Waals surface area contributed by atoms with Crippen molar-refractivity contribution < 1.29 is 4.52 Å². The minimum absolute atomic E-state index is 0.599. The number of nitrogens with one attached hydrogen (secondary N) is 1. The van der Waals surface area contributed by atoms with Crippen LogP contribution in [-0.4, -0.2) is 53.7 Å². The standard InChI is InChI=1S/C15H26N4O/c1-12-9-18-6-4-3-5-14(18)10-19(12)11-15-7-13(8-16-2)17-20-15/h7,12,14,16H,3-6,8-11H2,1-2H3. The van der Waals surface area contributed by atoms with Gasteiger partial charge in [0.25, 0.3) is 0 Å². The van der Waals surface area contributed by atoms with Crippen LogP contribution in [0.2, 0.25) is 0 Å². The third-order valence-electron chi connectivity index (χ3n) is 4.64.